The van der Waals surface area contributed by atoms with Crippen molar-refractivity contribution in [3.05, 3.63) is 118 Å². The molecule has 1 aliphatic rings. The van der Waals surface area contributed by atoms with Crippen molar-refractivity contribution >= 4 is 50.2 Å². The van der Waals surface area contributed by atoms with Crippen LogP contribution in [-0.4, -0.2) is 11.7 Å². The van der Waals surface area contributed by atoms with E-state index in [1.54, 1.807) is 4.90 Å². The summed E-state index contributed by atoms with van der Waals surface area (Å²) in [6, 6.07) is 31.7. The summed E-state index contributed by atoms with van der Waals surface area (Å²) < 4.78 is 0.892. The molecule has 0 aliphatic carbocycles. The fourth-order valence-electron chi connectivity index (χ4n) is 3.68. The molecule has 0 fully saturated rings. The van der Waals surface area contributed by atoms with Gasteiger partial charge in [0.2, 0.25) is 0 Å². The molecule has 1 amide bonds. The zero-order valence-corrected chi connectivity index (χ0v) is 17.6. The first-order valence-electron chi connectivity index (χ1n) is 9.65. The second-order valence-electron chi connectivity index (χ2n) is 6.99. The normalized spacial score (nSPS) is 15.1. The number of para-hydroxylation sites is 1. The first-order valence-corrected chi connectivity index (χ1v) is 10.4. The highest BCUT2D eigenvalue weighted by Gasteiger charge is 2.33. The molecule has 1 heterocycles. The van der Waals surface area contributed by atoms with E-state index in [0.717, 1.165) is 32.1 Å². The topological polar surface area (TPSA) is 32.7 Å². The van der Waals surface area contributed by atoms with Crippen molar-refractivity contribution in [2.45, 2.75) is 0 Å². The molecule has 4 heteroatoms. The zero-order valence-electron chi connectivity index (χ0n) is 16.0. The van der Waals surface area contributed by atoms with Crippen LogP contribution in [0.4, 0.5) is 5.69 Å². The average molecular weight is 453 g/mol. The highest BCUT2D eigenvalue weighted by atomic mass is 79.9. The summed E-state index contributed by atoms with van der Waals surface area (Å²) >= 11 is 3.61. The molecular formula is C26H17BrN2O. The summed E-state index contributed by atoms with van der Waals surface area (Å²) in [5.41, 5.74) is 3.05. The van der Waals surface area contributed by atoms with E-state index in [0.29, 0.717) is 11.5 Å². The molecule has 0 spiro atoms. The van der Waals surface area contributed by atoms with Crippen molar-refractivity contribution in [3.8, 4) is 0 Å². The Morgan fingerprint density at radius 1 is 0.767 bits per heavy atom. The molecular weight excluding hydrogens is 436 g/mol. The van der Waals surface area contributed by atoms with Crippen molar-refractivity contribution in [2.24, 2.45) is 4.99 Å². The Bertz CT molecular complexity index is 1320. The lowest BCUT2D eigenvalue weighted by Crippen LogP contribution is -2.32. The largest absolute Gasteiger partial charge is 0.282 e. The van der Waals surface area contributed by atoms with Crippen LogP contribution in [0, 0.1) is 0 Å². The van der Waals surface area contributed by atoms with E-state index >= 15 is 0 Å². The maximum Gasteiger partial charge on any atom is 0.282 e. The Kier molecular flexibility index (Phi) is 4.77. The van der Waals surface area contributed by atoms with Crippen LogP contribution in [0.25, 0.3) is 16.8 Å². The lowest BCUT2D eigenvalue weighted by Gasteiger charge is -2.19. The summed E-state index contributed by atoms with van der Waals surface area (Å²) in [4.78, 5) is 19.9. The van der Waals surface area contributed by atoms with Gasteiger partial charge in [-0.25, -0.2) is 4.99 Å². The Morgan fingerprint density at radius 2 is 1.47 bits per heavy atom. The monoisotopic (exact) mass is 452 g/mol. The van der Waals surface area contributed by atoms with Crippen molar-refractivity contribution in [3.63, 3.8) is 0 Å². The number of amidine groups is 1. The number of fused-ring (bicyclic) bond motifs is 1. The smallest absolute Gasteiger partial charge is 0.266 e. The van der Waals surface area contributed by atoms with Gasteiger partial charge >= 0.3 is 0 Å². The Morgan fingerprint density at radius 3 is 2.30 bits per heavy atom. The van der Waals surface area contributed by atoms with Crippen molar-refractivity contribution in [2.75, 3.05) is 4.90 Å². The van der Waals surface area contributed by atoms with Crippen LogP contribution >= 0.6 is 15.9 Å². The highest BCUT2D eigenvalue weighted by molar-refractivity contribution is 9.10. The number of anilines is 1. The van der Waals surface area contributed by atoms with Crippen LogP contribution in [-0.2, 0) is 4.79 Å². The third-order valence-electron chi connectivity index (χ3n) is 5.11. The van der Waals surface area contributed by atoms with Crippen molar-refractivity contribution < 1.29 is 4.79 Å². The summed E-state index contributed by atoms with van der Waals surface area (Å²) in [6.07, 6.45) is 1.88. The van der Waals surface area contributed by atoms with Crippen LogP contribution in [0.5, 0.6) is 0 Å². The van der Waals surface area contributed by atoms with E-state index in [1.807, 2.05) is 84.9 Å². The number of rotatable bonds is 3. The Labute approximate surface area is 183 Å². The maximum atomic E-state index is 13.5. The van der Waals surface area contributed by atoms with Crippen LogP contribution in [0.3, 0.4) is 0 Å². The van der Waals surface area contributed by atoms with E-state index in [4.69, 9.17) is 4.99 Å². The van der Waals surface area contributed by atoms with Gasteiger partial charge in [0, 0.05) is 10.0 Å². The van der Waals surface area contributed by atoms with Gasteiger partial charge in [-0.05, 0) is 40.6 Å². The van der Waals surface area contributed by atoms with Gasteiger partial charge in [-0.1, -0.05) is 94.8 Å². The molecule has 0 saturated heterocycles. The van der Waals surface area contributed by atoms with E-state index in [9.17, 15) is 4.79 Å². The number of amides is 1. The van der Waals surface area contributed by atoms with Gasteiger partial charge in [0.15, 0.2) is 0 Å². The van der Waals surface area contributed by atoms with Gasteiger partial charge in [0.25, 0.3) is 5.91 Å². The highest BCUT2D eigenvalue weighted by Crippen LogP contribution is 2.31. The minimum Gasteiger partial charge on any atom is -0.266 e. The number of halogens is 1. The fraction of sp³-hybridized carbons (Fsp3) is 0. The van der Waals surface area contributed by atoms with Crippen LogP contribution in [0.2, 0.25) is 0 Å². The molecule has 0 aromatic heterocycles. The fourth-order valence-corrected chi connectivity index (χ4v) is 4.14. The lowest BCUT2D eigenvalue weighted by molar-refractivity contribution is -0.113. The van der Waals surface area contributed by atoms with Gasteiger partial charge in [-0.2, -0.15) is 0 Å². The Balaban J connectivity index is 1.69. The minimum atomic E-state index is -0.139. The standard InChI is InChI=1S/C26H17BrN2O/c27-23-16-7-6-15-22(23)25-28-24(26(30)29(25)20-12-2-1-3-13-20)17-19-11-8-10-18-9-4-5-14-21(18)19/h1-17H/b24-17+. The third-order valence-corrected chi connectivity index (χ3v) is 5.80. The van der Waals surface area contributed by atoms with Crippen molar-refractivity contribution in [1.29, 1.82) is 0 Å². The van der Waals surface area contributed by atoms with Gasteiger partial charge in [0.1, 0.15) is 11.5 Å². The molecule has 4 aromatic rings. The molecule has 0 N–H and O–H groups in total. The quantitative estimate of drug-likeness (QED) is 0.329. The number of hydrogen-bond acceptors (Lipinski definition) is 2. The average Bonchev–Trinajstić information content (AvgIpc) is 3.10. The second-order valence-corrected chi connectivity index (χ2v) is 7.84. The first-order chi connectivity index (χ1) is 14.7. The van der Waals surface area contributed by atoms with Crippen molar-refractivity contribution in [1.82, 2.24) is 0 Å². The number of aliphatic imine (C=N–C) groups is 1. The molecule has 1 aliphatic heterocycles. The molecule has 0 bridgehead atoms. The summed E-state index contributed by atoms with van der Waals surface area (Å²) in [7, 11) is 0. The van der Waals surface area contributed by atoms with Gasteiger partial charge < -0.3 is 0 Å². The predicted octanol–water partition coefficient (Wildman–Crippen LogP) is 6.44. The maximum absolute atomic E-state index is 13.5. The summed E-state index contributed by atoms with van der Waals surface area (Å²) in [6.45, 7) is 0. The molecule has 0 radical (unpaired) electrons. The lowest BCUT2D eigenvalue weighted by atomic mass is 10.0. The molecule has 0 unspecified atom stereocenters. The number of carbonyl (C=O) groups is 1. The SMILES string of the molecule is O=C1/C(=C\c2cccc3ccccc23)N=C(c2ccccc2Br)N1c1ccccc1. The second kappa shape index (κ2) is 7.73. The molecule has 3 nitrogen and oxygen atoms in total. The molecule has 4 aromatic carbocycles. The first kappa shape index (κ1) is 18.5. The van der Waals surface area contributed by atoms with E-state index in [2.05, 4.69) is 34.1 Å². The molecule has 144 valence electrons. The zero-order chi connectivity index (χ0) is 20.5. The molecule has 5 rings (SSSR count). The van der Waals surface area contributed by atoms with Crippen LogP contribution in [0.1, 0.15) is 11.1 Å². The number of nitrogens with zero attached hydrogens (tertiary/aromatic N) is 2. The van der Waals surface area contributed by atoms with E-state index in [-0.39, 0.29) is 5.91 Å². The predicted molar refractivity (Wildman–Crippen MR) is 127 cm³/mol. The van der Waals surface area contributed by atoms with E-state index < -0.39 is 0 Å². The van der Waals surface area contributed by atoms with Gasteiger partial charge in [0.05, 0.1) is 5.69 Å². The van der Waals surface area contributed by atoms with Gasteiger partial charge in [-0.15, -0.1) is 0 Å². The minimum absolute atomic E-state index is 0.139. The molecule has 30 heavy (non-hydrogen) atoms. The summed E-state index contributed by atoms with van der Waals surface area (Å²) in [5.74, 6) is 0.477. The number of hydrogen-bond donors (Lipinski definition) is 0. The van der Waals surface area contributed by atoms with Crippen LogP contribution in [0.15, 0.2) is 112 Å². The Hall–Kier alpha value is -3.50. The van der Waals surface area contributed by atoms with Gasteiger partial charge in [-0.3, -0.25) is 9.69 Å². The van der Waals surface area contributed by atoms with Crippen LogP contribution < -0.4 is 4.90 Å². The molecule has 0 atom stereocenters. The summed E-state index contributed by atoms with van der Waals surface area (Å²) in [5, 5.41) is 2.23. The number of benzene rings is 4. The van der Waals surface area contributed by atoms with E-state index in [1.165, 1.54) is 0 Å². The third kappa shape index (κ3) is 3.25. The molecule has 0 saturated carbocycles. The number of carbonyl (C=O) groups excluding carboxylic acids is 1.